The number of amides is 3. The molecule has 2 heterocycles. The highest BCUT2D eigenvalue weighted by atomic mass is 19.1. The first kappa shape index (κ1) is 25.2. The Morgan fingerprint density at radius 1 is 1.29 bits per heavy atom. The van der Waals surface area contributed by atoms with E-state index in [1.165, 1.54) is 0 Å². The number of carbonyl (C=O) groups is 4. The third-order valence-corrected chi connectivity index (χ3v) is 5.91. The number of fused-ring (bicyclic) bond motifs is 1. The smallest absolute Gasteiger partial charge is 0.268 e. The van der Waals surface area contributed by atoms with E-state index in [9.17, 15) is 23.6 Å². The molecule has 2 atom stereocenters. The first-order valence-electron chi connectivity index (χ1n) is 11.3. The number of H-pyrrole nitrogens is 1. The molecule has 0 aliphatic carbocycles. The fraction of sp³-hybridized carbons (Fsp3) is 0.500. The summed E-state index contributed by atoms with van der Waals surface area (Å²) in [6.45, 7) is 2.62. The molecule has 3 rings (SSSR count). The summed E-state index contributed by atoms with van der Waals surface area (Å²) in [4.78, 5) is 54.3. The molecule has 1 aromatic heterocycles. The second-order valence-corrected chi connectivity index (χ2v) is 8.91. The Kier molecular flexibility index (Phi) is 8.25. The molecule has 1 aromatic carbocycles. The summed E-state index contributed by atoms with van der Waals surface area (Å²) < 4.78 is 18.5. The van der Waals surface area contributed by atoms with Crippen LogP contribution >= 0.6 is 0 Å². The van der Waals surface area contributed by atoms with Crippen molar-refractivity contribution in [2.45, 2.75) is 32.7 Å². The molecule has 1 saturated heterocycles. The number of ether oxygens (including phenoxy) is 1. The van der Waals surface area contributed by atoms with Crippen molar-refractivity contribution in [1.82, 2.24) is 20.5 Å². The van der Waals surface area contributed by atoms with Crippen molar-refractivity contribution in [2.75, 3.05) is 33.4 Å². The molecule has 9 nitrogen and oxygen atoms in total. The molecular weight excluding hydrogens is 443 g/mol. The van der Waals surface area contributed by atoms with Crippen LogP contribution in [0.25, 0.3) is 10.9 Å². The maximum Gasteiger partial charge on any atom is 0.268 e. The van der Waals surface area contributed by atoms with Gasteiger partial charge in [0.15, 0.2) is 12.5 Å². The van der Waals surface area contributed by atoms with Crippen molar-refractivity contribution in [3.05, 3.63) is 30.0 Å². The molecule has 2 aromatic rings. The van der Waals surface area contributed by atoms with E-state index in [-0.39, 0.29) is 30.6 Å². The number of benzene rings is 1. The van der Waals surface area contributed by atoms with Gasteiger partial charge >= 0.3 is 0 Å². The van der Waals surface area contributed by atoms with Crippen LogP contribution in [0.5, 0.6) is 5.75 Å². The number of aromatic amines is 1. The molecule has 1 fully saturated rings. The monoisotopic (exact) mass is 474 g/mol. The number of Topliss-reactive ketones (excluding diaryl/α,β-unsaturated/α-hetero) is 1. The van der Waals surface area contributed by atoms with E-state index in [2.05, 4.69) is 15.6 Å². The Hall–Kier alpha value is -3.43. The number of carbonyl (C=O) groups excluding carboxylic acids is 4. The van der Waals surface area contributed by atoms with Gasteiger partial charge in [-0.05, 0) is 37.0 Å². The number of rotatable bonds is 11. The van der Waals surface area contributed by atoms with E-state index < -0.39 is 36.2 Å². The van der Waals surface area contributed by atoms with Gasteiger partial charge in [-0.2, -0.15) is 0 Å². The number of alkyl halides is 1. The lowest BCUT2D eigenvalue weighted by Crippen LogP contribution is -2.49. The number of nitrogens with zero attached hydrogens (tertiary/aromatic N) is 1. The molecular formula is C24H31FN4O5. The van der Waals surface area contributed by atoms with Gasteiger partial charge in [0.2, 0.25) is 5.91 Å². The van der Waals surface area contributed by atoms with Gasteiger partial charge in [0, 0.05) is 24.0 Å². The molecule has 0 unspecified atom stereocenters. The van der Waals surface area contributed by atoms with Gasteiger partial charge in [0.1, 0.15) is 11.4 Å². The predicted octanol–water partition coefficient (Wildman–Crippen LogP) is 1.82. The highest BCUT2D eigenvalue weighted by molar-refractivity contribution is 6.02. The third-order valence-electron chi connectivity index (χ3n) is 5.91. The van der Waals surface area contributed by atoms with Crippen molar-refractivity contribution in [3.63, 3.8) is 0 Å². The van der Waals surface area contributed by atoms with Gasteiger partial charge < -0.3 is 25.3 Å². The maximum absolute atomic E-state index is 13.2. The Morgan fingerprint density at radius 3 is 2.68 bits per heavy atom. The SMILES string of the molecule is COc1cccc2[nH]c(C(=O)N[C@@H](CC(C)C)C(=O)CN(C[C@@H]3CCNC3=O)C(=O)CF)cc12. The van der Waals surface area contributed by atoms with Crippen LogP contribution in [-0.4, -0.2) is 72.8 Å². The highest BCUT2D eigenvalue weighted by Gasteiger charge is 2.31. The first-order valence-corrected chi connectivity index (χ1v) is 11.3. The van der Waals surface area contributed by atoms with Crippen LogP contribution in [0.3, 0.4) is 0 Å². The minimum atomic E-state index is -1.26. The number of hydrogen-bond donors (Lipinski definition) is 3. The van der Waals surface area contributed by atoms with E-state index in [1.54, 1.807) is 25.3 Å². The Morgan fingerprint density at radius 2 is 2.06 bits per heavy atom. The maximum atomic E-state index is 13.2. The van der Waals surface area contributed by atoms with E-state index >= 15 is 0 Å². The topological polar surface area (TPSA) is 121 Å². The Labute approximate surface area is 197 Å². The summed E-state index contributed by atoms with van der Waals surface area (Å²) in [7, 11) is 1.54. The summed E-state index contributed by atoms with van der Waals surface area (Å²) in [5, 5.41) is 6.16. The van der Waals surface area contributed by atoms with Gasteiger partial charge in [-0.25, -0.2) is 4.39 Å². The van der Waals surface area contributed by atoms with Crippen molar-refractivity contribution in [1.29, 1.82) is 0 Å². The molecule has 1 aliphatic heterocycles. The molecule has 3 amide bonds. The van der Waals surface area contributed by atoms with E-state index in [1.807, 2.05) is 19.9 Å². The number of hydrogen-bond acceptors (Lipinski definition) is 5. The standard InChI is InChI=1S/C24H31FN4O5/c1-14(2)9-18(20(30)13-29(22(31)11-25)12-15-7-8-26-23(15)32)28-24(33)19-10-16-17(27-19)5-4-6-21(16)34-3/h4-6,10,14-15,18,27H,7-9,11-13H2,1-3H3,(H,26,32)(H,28,33)/t15-,18-/m0/s1. The third kappa shape index (κ3) is 5.92. The Bertz CT molecular complexity index is 1070. The minimum Gasteiger partial charge on any atom is -0.496 e. The molecule has 10 heteroatoms. The minimum absolute atomic E-state index is 0.0372. The molecule has 184 valence electrons. The van der Waals surface area contributed by atoms with Crippen LogP contribution in [0.2, 0.25) is 0 Å². The van der Waals surface area contributed by atoms with Crippen LogP contribution in [0.15, 0.2) is 24.3 Å². The largest absolute Gasteiger partial charge is 0.496 e. The van der Waals surface area contributed by atoms with Crippen LogP contribution in [0.1, 0.15) is 37.2 Å². The number of aromatic nitrogens is 1. The fourth-order valence-corrected chi connectivity index (χ4v) is 4.13. The second-order valence-electron chi connectivity index (χ2n) is 8.91. The summed E-state index contributed by atoms with van der Waals surface area (Å²) in [5.41, 5.74) is 0.978. The lowest BCUT2D eigenvalue weighted by molar-refractivity contribution is -0.138. The summed E-state index contributed by atoms with van der Waals surface area (Å²) in [5.74, 6) is -1.77. The van der Waals surface area contributed by atoms with Crippen molar-refractivity contribution in [3.8, 4) is 5.75 Å². The summed E-state index contributed by atoms with van der Waals surface area (Å²) in [6, 6.07) is 6.16. The normalized spacial score (nSPS) is 16.4. The molecule has 0 saturated carbocycles. The van der Waals surface area contributed by atoms with Crippen LogP contribution in [0.4, 0.5) is 4.39 Å². The van der Waals surface area contributed by atoms with Gasteiger partial charge in [0.25, 0.3) is 11.8 Å². The lowest BCUT2D eigenvalue weighted by Gasteiger charge is -2.26. The molecule has 0 spiro atoms. The quantitative estimate of drug-likeness (QED) is 0.459. The van der Waals surface area contributed by atoms with E-state index in [0.717, 1.165) is 10.3 Å². The zero-order chi connectivity index (χ0) is 24.8. The number of methoxy groups -OCH3 is 1. The van der Waals surface area contributed by atoms with Crippen molar-refractivity contribution in [2.24, 2.45) is 11.8 Å². The highest BCUT2D eigenvalue weighted by Crippen LogP contribution is 2.26. The predicted molar refractivity (Wildman–Crippen MR) is 124 cm³/mol. The van der Waals surface area contributed by atoms with E-state index in [4.69, 9.17) is 4.74 Å². The van der Waals surface area contributed by atoms with Gasteiger partial charge in [-0.15, -0.1) is 0 Å². The zero-order valence-corrected chi connectivity index (χ0v) is 19.7. The van der Waals surface area contributed by atoms with Gasteiger partial charge in [0.05, 0.1) is 25.6 Å². The van der Waals surface area contributed by atoms with Crippen LogP contribution in [0, 0.1) is 11.8 Å². The molecule has 3 N–H and O–H groups in total. The molecule has 1 aliphatic rings. The van der Waals surface area contributed by atoms with Gasteiger partial charge in [-0.1, -0.05) is 19.9 Å². The number of halogens is 1. The summed E-state index contributed by atoms with van der Waals surface area (Å²) in [6.07, 6.45) is 0.856. The summed E-state index contributed by atoms with van der Waals surface area (Å²) >= 11 is 0. The fourth-order valence-electron chi connectivity index (χ4n) is 4.13. The molecule has 34 heavy (non-hydrogen) atoms. The second kappa shape index (κ2) is 11.1. The number of ketones is 1. The zero-order valence-electron chi connectivity index (χ0n) is 19.7. The van der Waals surface area contributed by atoms with Crippen molar-refractivity contribution < 1.29 is 28.3 Å². The molecule has 0 bridgehead atoms. The van der Waals surface area contributed by atoms with Crippen LogP contribution < -0.4 is 15.4 Å². The van der Waals surface area contributed by atoms with Crippen molar-refractivity contribution >= 4 is 34.4 Å². The average molecular weight is 475 g/mol. The van der Waals surface area contributed by atoms with E-state index in [0.29, 0.717) is 30.7 Å². The molecule has 0 radical (unpaired) electrons. The van der Waals surface area contributed by atoms with Crippen LogP contribution in [-0.2, 0) is 14.4 Å². The first-order chi connectivity index (χ1) is 16.2. The van der Waals surface area contributed by atoms with Gasteiger partial charge in [-0.3, -0.25) is 19.2 Å². The average Bonchev–Trinajstić information content (AvgIpc) is 3.43. The Balaban J connectivity index is 1.75. The lowest BCUT2D eigenvalue weighted by atomic mass is 9.99. The number of nitrogens with one attached hydrogen (secondary N) is 3.